The molecule has 7 nitrogen and oxygen atoms in total. The third-order valence-electron chi connectivity index (χ3n) is 4.93. The van der Waals surface area contributed by atoms with E-state index in [0.29, 0.717) is 32.9 Å². The minimum atomic E-state index is -4.81. The van der Waals surface area contributed by atoms with Gasteiger partial charge in [-0.25, -0.2) is 9.36 Å². The predicted molar refractivity (Wildman–Crippen MR) is 104 cm³/mol. The van der Waals surface area contributed by atoms with E-state index in [4.69, 9.17) is 9.47 Å². The molecule has 4 rings (SSSR count). The molecule has 3 heterocycles. The Labute approximate surface area is 172 Å². The highest BCUT2D eigenvalue weighted by Gasteiger charge is 2.35. The first-order chi connectivity index (χ1) is 14.2. The van der Waals surface area contributed by atoms with Crippen molar-refractivity contribution in [1.82, 2.24) is 13.5 Å². The van der Waals surface area contributed by atoms with Crippen LogP contribution in [0.25, 0.3) is 15.8 Å². The van der Waals surface area contributed by atoms with Crippen LogP contribution in [0.3, 0.4) is 0 Å². The molecule has 0 bridgehead atoms. The van der Waals surface area contributed by atoms with E-state index in [0.717, 1.165) is 24.6 Å². The average molecular weight is 441 g/mol. The largest absolute Gasteiger partial charge is 0.431 e. The summed E-state index contributed by atoms with van der Waals surface area (Å²) in [6.07, 6.45) is -3.72. The molecule has 1 aromatic carbocycles. The fraction of sp³-hybridized carbons (Fsp3) is 0.421. The van der Waals surface area contributed by atoms with Crippen molar-refractivity contribution in [3.05, 3.63) is 56.5 Å². The van der Waals surface area contributed by atoms with Crippen LogP contribution in [0.15, 0.2) is 33.9 Å². The van der Waals surface area contributed by atoms with Crippen molar-refractivity contribution in [2.24, 2.45) is 7.05 Å². The summed E-state index contributed by atoms with van der Waals surface area (Å²) in [6, 6.07) is 5.12. The molecule has 2 unspecified atom stereocenters. The van der Waals surface area contributed by atoms with Gasteiger partial charge in [-0.2, -0.15) is 17.5 Å². The molecule has 0 aliphatic carbocycles. The zero-order chi connectivity index (χ0) is 21.6. The molecule has 1 aliphatic rings. The Morgan fingerprint density at radius 1 is 1.27 bits per heavy atom. The lowest BCUT2D eigenvalue weighted by Crippen LogP contribution is -2.40. The molecule has 3 aromatic rings. The topological polar surface area (TPSA) is 75.4 Å². The van der Waals surface area contributed by atoms with Gasteiger partial charge in [0.05, 0.1) is 23.1 Å². The third-order valence-corrected chi connectivity index (χ3v) is 5.77. The molecule has 1 fully saturated rings. The number of benzene rings is 1. The number of ether oxygens (including phenoxy) is 2. The molecule has 30 heavy (non-hydrogen) atoms. The minimum Gasteiger partial charge on any atom is -0.344 e. The molecule has 0 radical (unpaired) electrons. The van der Waals surface area contributed by atoms with Crippen LogP contribution in [0.5, 0.6) is 0 Å². The van der Waals surface area contributed by atoms with Gasteiger partial charge in [-0.3, -0.25) is 9.36 Å². The van der Waals surface area contributed by atoms with E-state index >= 15 is 0 Å². The summed E-state index contributed by atoms with van der Waals surface area (Å²) in [6.45, 7) is 2.49. The summed E-state index contributed by atoms with van der Waals surface area (Å²) < 4.78 is 57.1. The molecular formula is C19H18F3N3O4S. The molecule has 0 saturated carbocycles. The van der Waals surface area contributed by atoms with Gasteiger partial charge in [0, 0.05) is 18.5 Å². The molecule has 160 valence electrons. The summed E-state index contributed by atoms with van der Waals surface area (Å²) >= 11 is 1.21. The number of rotatable bonds is 4. The van der Waals surface area contributed by atoms with E-state index in [1.54, 1.807) is 12.1 Å². The minimum absolute atomic E-state index is 0.0373. The second-order valence-electron chi connectivity index (χ2n) is 7.00. The van der Waals surface area contributed by atoms with E-state index in [2.05, 4.69) is 4.37 Å². The van der Waals surface area contributed by atoms with Gasteiger partial charge in [0.25, 0.3) is 5.56 Å². The Morgan fingerprint density at radius 2 is 2.03 bits per heavy atom. The lowest BCUT2D eigenvalue weighted by molar-refractivity contribution is -0.144. The predicted octanol–water partition coefficient (Wildman–Crippen LogP) is 3.38. The zero-order valence-corrected chi connectivity index (χ0v) is 16.9. The molecule has 0 amide bonds. The standard InChI is InChI=1S/C19H18F3N3O4S/c1-3-4-11-9-28-17(29-11)16-12-7-10(5-6-13(12)30-23-16)25-15(26)8-14(19(20,21)22)24(2)18(25)27/h5-8,11,17H,3-4,9H2,1-2H3. The van der Waals surface area contributed by atoms with E-state index in [1.165, 1.54) is 17.6 Å². The SMILES string of the molecule is CCCC1COC(c2nsc3ccc(-n4c(=O)cc(C(F)(F)F)n(C)c4=O)cc23)O1. The lowest BCUT2D eigenvalue weighted by Gasteiger charge is -2.14. The van der Waals surface area contributed by atoms with Crippen LogP contribution in [0.4, 0.5) is 13.2 Å². The molecule has 0 N–H and O–H groups in total. The van der Waals surface area contributed by atoms with Gasteiger partial charge in [0.2, 0.25) is 6.29 Å². The zero-order valence-electron chi connectivity index (χ0n) is 16.1. The maximum atomic E-state index is 13.1. The van der Waals surface area contributed by atoms with Crippen molar-refractivity contribution < 1.29 is 22.6 Å². The molecule has 1 aliphatic heterocycles. The Kier molecular flexibility index (Phi) is 5.28. The number of alkyl halides is 3. The van der Waals surface area contributed by atoms with Crippen molar-refractivity contribution in [2.45, 2.75) is 38.3 Å². The Bertz CT molecular complexity index is 1210. The highest BCUT2D eigenvalue weighted by Crippen LogP contribution is 2.35. The Morgan fingerprint density at radius 3 is 2.73 bits per heavy atom. The summed E-state index contributed by atoms with van der Waals surface area (Å²) in [4.78, 5) is 24.9. The Hall–Kier alpha value is -2.50. The summed E-state index contributed by atoms with van der Waals surface area (Å²) in [5.41, 5.74) is -2.79. The van der Waals surface area contributed by atoms with Gasteiger partial charge in [0.1, 0.15) is 11.4 Å². The van der Waals surface area contributed by atoms with Gasteiger partial charge < -0.3 is 9.47 Å². The fourth-order valence-electron chi connectivity index (χ4n) is 3.45. The van der Waals surface area contributed by atoms with Crippen LogP contribution in [0, 0.1) is 0 Å². The van der Waals surface area contributed by atoms with Crippen molar-refractivity contribution >= 4 is 21.6 Å². The second-order valence-corrected chi connectivity index (χ2v) is 7.81. The van der Waals surface area contributed by atoms with E-state index in [-0.39, 0.29) is 11.8 Å². The normalized spacial score (nSPS) is 19.6. The molecule has 1 saturated heterocycles. The molecular weight excluding hydrogens is 423 g/mol. The number of fused-ring (bicyclic) bond motifs is 1. The van der Waals surface area contributed by atoms with Crippen LogP contribution in [-0.2, 0) is 22.7 Å². The Balaban J connectivity index is 1.79. The van der Waals surface area contributed by atoms with Crippen LogP contribution in [0.2, 0.25) is 0 Å². The highest BCUT2D eigenvalue weighted by molar-refractivity contribution is 7.13. The number of hydrogen-bond donors (Lipinski definition) is 0. The van der Waals surface area contributed by atoms with Crippen molar-refractivity contribution in [1.29, 1.82) is 0 Å². The van der Waals surface area contributed by atoms with E-state index in [9.17, 15) is 22.8 Å². The van der Waals surface area contributed by atoms with Crippen LogP contribution < -0.4 is 11.2 Å². The maximum Gasteiger partial charge on any atom is 0.431 e. The second kappa shape index (κ2) is 7.64. The summed E-state index contributed by atoms with van der Waals surface area (Å²) in [7, 11) is 0.977. The fourth-order valence-corrected chi connectivity index (χ4v) is 4.23. The van der Waals surface area contributed by atoms with Gasteiger partial charge >= 0.3 is 11.9 Å². The maximum absolute atomic E-state index is 13.1. The molecule has 11 heteroatoms. The number of aromatic nitrogens is 3. The van der Waals surface area contributed by atoms with Crippen molar-refractivity contribution in [2.75, 3.05) is 6.61 Å². The quantitative estimate of drug-likeness (QED) is 0.621. The first kappa shape index (κ1) is 20.8. The van der Waals surface area contributed by atoms with Crippen LogP contribution >= 0.6 is 11.5 Å². The van der Waals surface area contributed by atoms with Gasteiger partial charge in [-0.05, 0) is 36.2 Å². The van der Waals surface area contributed by atoms with Crippen molar-refractivity contribution in [3.8, 4) is 5.69 Å². The molecule has 2 aromatic heterocycles. The monoisotopic (exact) mass is 441 g/mol. The molecule has 0 spiro atoms. The van der Waals surface area contributed by atoms with Gasteiger partial charge in [-0.15, -0.1) is 0 Å². The van der Waals surface area contributed by atoms with Crippen molar-refractivity contribution in [3.63, 3.8) is 0 Å². The first-order valence-electron chi connectivity index (χ1n) is 9.27. The lowest BCUT2D eigenvalue weighted by atomic mass is 10.2. The van der Waals surface area contributed by atoms with E-state index in [1.807, 2.05) is 6.92 Å². The van der Waals surface area contributed by atoms with Crippen LogP contribution in [-0.4, -0.2) is 26.2 Å². The summed E-state index contributed by atoms with van der Waals surface area (Å²) in [5, 5.41) is 0.619. The third kappa shape index (κ3) is 3.57. The highest BCUT2D eigenvalue weighted by atomic mass is 32.1. The summed E-state index contributed by atoms with van der Waals surface area (Å²) in [5.74, 6) is 0. The average Bonchev–Trinajstić information content (AvgIpc) is 3.30. The number of nitrogens with zero attached hydrogens (tertiary/aromatic N) is 3. The first-order valence-corrected chi connectivity index (χ1v) is 10.0. The number of hydrogen-bond acceptors (Lipinski definition) is 6. The number of halogens is 3. The van der Waals surface area contributed by atoms with Crippen LogP contribution in [0.1, 0.15) is 37.4 Å². The van der Waals surface area contributed by atoms with Gasteiger partial charge in [-0.1, -0.05) is 13.3 Å². The smallest absolute Gasteiger partial charge is 0.344 e. The van der Waals surface area contributed by atoms with Gasteiger partial charge in [0.15, 0.2) is 0 Å². The van der Waals surface area contributed by atoms with E-state index < -0.39 is 29.4 Å². The molecule has 2 atom stereocenters.